The Hall–Kier alpha value is -0.870. The van der Waals surface area contributed by atoms with Crippen LogP contribution in [0.15, 0.2) is 12.4 Å². The number of aromatic nitrogens is 2. The summed E-state index contributed by atoms with van der Waals surface area (Å²) in [6.07, 6.45) is 7.84. The van der Waals surface area contributed by atoms with Crippen LogP contribution in [0, 0.1) is 12.3 Å². The van der Waals surface area contributed by atoms with Crippen molar-refractivity contribution in [2.75, 3.05) is 20.3 Å². The van der Waals surface area contributed by atoms with Crippen LogP contribution >= 0.6 is 0 Å². The standard InChI is InChI=1S/C14H25N3O/c1-12(9-17-8-7-15-13(17)2)16-10-14(11-18-3)5-4-6-14/h7-8,12,16H,4-6,9-11H2,1-3H3. The van der Waals surface area contributed by atoms with Crippen LogP contribution in [-0.4, -0.2) is 35.9 Å². The SMILES string of the molecule is COCC1(CNC(C)Cn2ccnc2C)CCC1. The van der Waals surface area contributed by atoms with Crippen molar-refractivity contribution in [3.05, 3.63) is 18.2 Å². The first-order valence-corrected chi connectivity index (χ1v) is 6.85. The average molecular weight is 251 g/mol. The Kier molecular flexibility index (Phi) is 4.40. The van der Waals surface area contributed by atoms with Crippen LogP contribution in [0.25, 0.3) is 0 Å². The molecule has 1 unspecified atom stereocenters. The van der Waals surface area contributed by atoms with Crippen molar-refractivity contribution >= 4 is 0 Å². The van der Waals surface area contributed by atoms with Crippen molar-refractivity contribution in [3.63, 3.8) is 0 Å². The molecule has 1 heterocycles. The Morgan fingerprint density at radius 1 is 1.56 bits per heavy atom. The molecule has 1 atom stereocenters. The van der Waals surface area contributed by atoms with Gasteiger partial charge in [-0.1, -0.05) is 6.42 Å². The molecule has 0 radical (unpaired) electrons. The third kappa shape index (κ3) is 3.12. The summed E-state index contributed by atoms with van der Waals surface area (Å²) in [7, 11) is 1.80. The van der Waals surface area contributed by atoms with Gasteiger partial charge in [0, 0.05) is 44.0 Å². The summed E-state index contributed by atoms with van der Waals surface area (Å²) in [5.41, 5.74) is 0.396. The lowest BCUT2D eigenvalue weighted by Gasteiger charge is -2.42. The van der Waals surface area contributed by atoms with Crippen molar-refractivity contribution in [2.45, 2.75) is 45.7 Å². The number of methoxy groups -OCH3 is 1. The highest BCUT2D eigenvalue weighted by molar-refractivity contribution is 4.92. The van der Waals surface area contributed by atoms with E-state index < -0.39 is 0 Å². The van der Waals surface area contributed by atoms with Crippen LogP contribution in [0.1, 0.15) is 32.0 Å². The average Bonchev–Trinajstić information content (AvgIpc) is 2.68. The second-order valence-electron chi connectivity index (χ2n) is 5.70. The fourth-order valence-electron chi connectivity index (χ4n) is 2.70. The van der Waals surface area contributed by atoms with Crippen LogP contribution < -0.4 is 5.32 Å². The Bertz CT molecular complexity index is 371. The minimum Gasteiger partial charge on any atom is -0.384 e. The van der Waals surface area contributed by atoms with Gasteiger partial charge in [-0.2, -0.15) is 0 Å². The van der Waals surface area contributed by atoms with E-state index in [9.17, 15) is 0 Å². The number of ether oxygens (including phenoxy) is 1. The monoisotopic (exact) mass is 251 g/mol. The zero-order chi connectivity index (χ0) is 13.0. The molecular weight excluding hydrogens is 226 g/mol. The van der Waals surface area contributed by atoms with Crippen molar-refractivity contribution in [3.8, 4) is 0 Å². The summed E-state index contributed by atoms with van der Waals surface area (Å²) in [4.78, 5) is 4.25. The van der Waals surface area contributed by atoms with Crippen LogP contribution in [-0.2, 0) is 11.3 Å². The molecule has 18 heavy (non-hydrogen) atoms. The second-order valence-corrected chi connectivity index (χ2v) is 5.70. The van der Waals surface area contributed by atoms with E-state index in [4.69, 9.17) is 4.74 Å². The van der Waals surface area contributed by atoms with Crippen LogP contribution in [0.3, 0.4) is 0 Å². The quantitative estimate of drug-likeness (QED) is 0.805. The molecule has 0 aliphatic heterocycles. The van der Waals surface area contributed by atoms with E-state index in [0.29, 0.717) is 11.5 Å². The van der Waals surface area contributed by atoms with Crippen molar-refractivity contribution in [1.29, 1.82) is 0 Å². The fraction of sp³-hybridized carbons (Fsp3) is 0.786. The number of hydrogen-bond acceptors (Lipinski definition) is 3. The van der Waals surface area contributed by atoms with Gasteiger partial charge >= 0.3 is 0 Å². The predicted molar refractivity (Wildman–Crippen MR) is 72.6 cm³/mol. The summed E-state index contributed by atoms with van der Waals surface area (Å²) in [6.45, 7) is 7.21. The van der Waals surface area contributed by atoms with Gasteiger partial charge in [0.15, 0.2) is 0 Å². The van der Waals surface area contributed by atoms with E-state index in [-0.39, 0.29) is 0 Å². The van der Waals surface area contributed by atoms with E-state index in [0.717, 1.165) is 25.5 Å². The highest BCUT2D eigenvalue weighted by Crippen LogP contribution is 2.40. The number of nitrogens with one attached hydrogen (secondary N) is 1. The minimum atomic E-state index is 0.396. The van der Waals surface area contributed by atoms with Gasteiger partial charge in [-0.25, -0.2) is 4.98 Å². The zero-order valence-electron chi connectivity index (χ0n) is 11.8. The van der Waals surface area contributed by atoms with Gasteiger partial charge < -0.3 is 14.6 Å². The third-order valence-corrected chi connectivity index (χ3v) is 4.08. The van der Waals surface area contributed by atoms with Gasteiger partial charge in [0.2, 0.25) is 0 Å². The number of hydrogen-bond donors (Lipinski definition) is 1. The summed E-state index contributed by atoms with van der Waals surface area (Å²) >= 11 is 0. The highest BCUT2D eigenvalue weighted by atomic mass is 16.5. The topological polar surface area (TPSA) is 39.1 Å². The van der Waals surface area contributed by atoms with Crippen molar-refractivity contribution < 1.29 is 4.74 Å². The first kappa shape index (κ1) is 13.6. The van der Waals surface area contributed by atoms with Crippen LogP contribution in [0.2, 0.25) is 0 Å². The lowest BCUT2D eigenvalue weighted by Crippen LogP contribution is -2.46. The molecule has 1 N–H and O–H groups in total. The predicted octanol–water partition coefficient (Wildman–Crippen LogP) is 1.99. The normalized spacial score (nSPS) is 19.5. The first-order chi connectivity index (χ1) is 8.65. The number of imidazole rings is 1. The fourth-order valence-corrected chi connectivity index (χ4v) is 2.70. The van der Waals surface area contributed by atoms with Crippen LogP contribution in [0.4, 0.5) is 0 Å². The first-order valence-electron chi connectivity index (χ1n) is 6.85. The van der Waals surface area contributed by atoms with E-state index in [1.54, 1.807) is 7.11 Å². The molecular formula is C14H25N3O. The summed E-state index contributed by atoms with van der Waals surface area (Å²) in [6, 6.07) is 0.465. The zero-order valence-corrected chi connectivity index (χ0v) is 11.8. The number of nitrogens with zero attached hydrogens (tertiary/aromatic N) is 2. The molecule has 102 valence electrons. The molecule has 1 aromatic heterocycles. The van der Waals surface area contributed by atoms with E-state index in [2.05, 4.69) is 21.8 Å². The summed E-state index contributed by atoms with van der Waals surface area (Å²) in [5.74, 6) is 1.08. The molecule has 4 nitrogen and oxygen atoms in total. The van der Waals surface area contributed by atoms with Gasteiger partial charge in [0.05, 0.1) is 6.61 Å². The van der Waals surface area contributed by atoms with E-state index in [1.165, 1.54) is 19.3 Å². The largest absolute Gasteiger partial charge is 0.384 e. The molecule has 0 spiro atoms. The summed E-state index contributed by atoms with van der Waals surface area (Å²) < 4.78 is 7.55. The third-order valence-electron chi connectivity index (χ3n) is 4.08. The minimum absolute atomic E-state index is 0.396. The van der Waals surface area contributed by atoms with E-state index in [1.807, 2.05) is 19.3 Å². The molecule has 0 aromatic carbocycles. The molecule has 1 fully saturated rings. The Labute approximate surface area is 110 Å². The van der Waals surface area contributed by atoms with Gasteiger partial charge in [-0.3, -0.25) is 0 Å². The maximum absolute atomic E-state index is 5.35. The van der Waals surface area contributed by atoms with Gasteiger partial charge in [-0.05, 0) is 26.7 Å². The number of rotatable bonds is 7. The second kappa shape index (κ2) is 5.85. The molecule has 0 bridgehead atoms. The Balaban J connectivity index is 1.77. The maximum Gasteiger partial charge on any atom is 0.105 e. The van der Waals surface area contributed by atoms with Crippen molar-refractivity contribution in [1.82, 2.24) is 14.9 Å². The maximum atomic E-state index is 5.35. The molecule has 1 aliphatic carbocycles. The molecule has 1 aliphatic rings. The lowest BCUT2D eigenvalue weighted by molar-refractivity contribution is 0.0159. The molecule has 1 saturated carbocycles. The molecule has 2 rings (SSSR count). The van der Waals surface area contributed by atoms with Gasteiger partial charge in [-0.15, -0.1) is 0 Å². The number of aryl methyl sites for hydroxylation is 1. The highest BCUT2D eigenvalue weighted by Gasteiger charge is 2.36. The molecule has 4 heteroatoms. The molecule has 0 amide bonds. The molecule has 0 saturated heterocycles. The molecule has 1 aromatic rings. The Morgan fingerprint density at radius 3 is 2.83 bits per heavy atom. The van der Waals surface area contributed by atoms with E-state index >= 15 is 0 Å². The van der Waals surface area contributed by atoms with Crippen molar-refractivity contribution in [2.24, 2.45) is 5.41 Å². The van der Waals surface area contributed by atoms with Gasteiger partial charge in [0.25, 0.3) is 0 Å². The smallest absolute Gasteiger partial charge is 0.105 e. The Morgan fingerprint density at radius 2 is 2.33 bits per heavy atom. The summed E-state index contributed by atoms with van der Waals surface area (Å²) in [5, 5.41) is 3.65. The lowest BCUT2D eigenvalue weighted by atomic mass is 9.69. The van der Waals surface area contributed by atoms with Crippen LogP contribution in [0.5, 0.6) is 0 Å². The van der Waals surface area contributed by atoms with Gasteiger partial charge in [0.1, 0.15) is 5.82 Å².